The molecule has 4 heteroatoms. The Morgan fingerprint density at radius 3 is 2.64 bits per heavy atom. The number of carbonyl (C=O) groups excluding carboxylic acids is 1. The van der Waals surface area contributed by atoms with Crippen molar-refractivity contribution < 1.29 is 4.79 Å². The Hall–Kier alpha value is -1.45. The van der Waals surface area contributed by atoms with Crippen LogP contribution in [0.1, 0.15) is 30.5 Å². The van der Waals surface area contributed by atoms with E-state index in [-0.39, 0.29) is 11.9 Å². The third kappa shape index (κ3) is 5.39. The van der Waals surface area contributed by atoms with Crippen LogP contribution in [0.15, 0.2) is 54.6 Å². The minimum absolute atomic E-state index is 0.0720. The largest absolute Gasteiger partial charge is 0.349 e. The summed E-state index contributed by atoms with van der Waals surface area (Å²) in [5, 5.41) is 3.83. The van der Waals surface area contributed by atoms with Crippen molar-refractivity contribution in [3.63, 3.8) is 0 Å². The van der Waals surface area contributed by atoms with Crippen molar-refractivity contribution in [2.24, 2.45) is 0 Å². The highest BCUT2D eigenvalue weighted by Gasteiger charge is 2.12. The summed E-state index contributed by atoms with van der Waals surface area (Å²) in [5.41, 5.74) is 2.29. The Bertz CT molecular complexity index is 603. The molecule has 2 rings (SSSR count). The highest BCUT2D eigenvalue weighted by Crippen LogP contribution is 2.18. The molecule has 0 heterocycles. The van der Waals surface area contributed by atoms with E-state index in [1.165, 1.54) is 0 Å². The van der Waals surface area contributed by atoms with Gasteiger partial charge < -0.3 is 5.32 Å². The average Bonchev–Trinajstić information content (AvgIpc) is 2.53. The predicted molar refractivity (Wildman–Crippen MR) is 95.2 cm³/mol. The predicted octanol–water partition coefficient (Wildman–Crippen LogP) is 4.84. The van der Waals surface area contributed by atoms with Gasteiger partial charge in [-0.2, -0.15) is 0 Å². The molecule has 0 aliphatic carbocycles. The van der Waals surface area contributed by atoms with Crippen molar-refractivity contribution >= 4 is 29.3 Å². The van der Waals surface area contributed by atoms with Crippen LogP contribution in [0.4, 0.5) is 0 Å². The summed E-state index contributed by atoms with van der Waals surface area (Å²) in [7, 11) is 0. The van der Waals surface area contributed by atoms with E-state index >= 15 is 0 Å². The summed E-state index contributed by atoms with van der Waals surface area (Å²) in [6.45, 7) is 2.08. The Morgan fingerprint density at radius 2 is 1.95 bits per heavy atom. The van der Waals surface area contributed by atoms with Gasteiger partial charge in [0.1, 0.15) is 0 Å². The van der Waals surface area contributed by atoms with Gasteiger partial charge in [0.05, 0.1) is 11.8 Å². The van der Waals surface area contributed by atoms with Crippen molar-refractivity contribution in [2.45, 2.75) is 25.1 Å². The van der Waals surface area contributed by atoms with Crippen LogP contribution in [0.2, 0.25) is 5.02 Å². The van der Waals surface area contributed by atoms with E-state index in [0.717, 1.165) is 28.3 Å². The SMILES string of the molecule is CC[C@@H](NC(=O)CSCc1cccc(Cl)c1)c1ccccc1. The van der Waals surface area contributed by atoms with Crippen LogP contribution in [0.25, 0.3) is 0 Å². The first-order valence-electron chi connectivity index (χ1n) is 7.35. The number of hydrogen-bond acceptors (Lipinski definition) is 2. The summed E-state index contributed by atoms with van der Waals surface area (Å²) < 4.78 is 0. The fourth-order valence-corrected chi connectivity index (χ4v) is 3.23. The molecule has 0 aliphatic heterocycles. The lowest BCUT2D eigenvalue weighted by Gasteiger charge is -2.17. The molecule has 0 bridgehead atoms. The van der Waals surface area contributed by atoms with E-state index in [4.69, 9.17) is 11.6 Å². The van der Waals surface area contributed by atoms with E-state index in [1.807, 2.05) is 54.6 Å². The van der Waals surface area contributed by atoms with Crippen molar-refractivity contribution in [3.05, 3.63) is 70.7 Å². The lowest BCUT2D eigenvalue weighted by molar-refractivity contribution is -0.119. The summed E-state index contributed by atoms with van der Waals surface area (Å²) in [4.78, 5) is 12.1. The van der Waals surface area contributed by atoms with Crippen LogP contribution in [0.3, 0.4) is 0 Å². The molecule has 0 aromatic heterocycles. The monoisotopic (exact) mass is 333 g/mol. The molecule has 2 aromatic rings. The van der Waals surface area contributed by atoms with Crippen LogP contribution >= 0.6 is 23.4 Å². The number of halogens is 1. The molecule has 0 aliphatic rings. The zero-order chi connectivity index (χ0) is 15.8. The van der Waals surface area contributed by atoms with Crippen LogP contribution in [-0.4, -0.2) is 11.7 Å². The molecule has 0 fully saturated rings. The van der Waals surface area contributed by atoms with Gasteiger partial charge in [0.15, 0.2) is 0 Å². The fourth-order valence-electron chi connectivity index (χ4n) is 2.23. The Balaban J connectivity index is 1.80. The zero-order valence-corrected chi connectivity index (χ0v) is 14.2. The quantitative estimate of drug-likeness (QED) is 0.785. The summed E-state index contributed by atoms with van der Waals surface area (Å²) >= 11 is 7.55. The molecule has 0 saturated carbocycles. The topological polar surface area (TPSA) is 29.1 Å². The molecule has 116 valence electrons. The van der Waals surface area contributed by atoms with Gasteiger partial charge in [-0.1, -0.05) is 61.0 Å². The van der Waals surface area contributed by atoms with E-state index in [0.29, 0.717) is 5.75 Å². The van der Waals surface area contributed by atoms with Gasteiger partial charge in [0.25, 0.3) is 0 Å². The maximum absolute atomic E-state index is 12.1. The van der Waals surface area contributed by atoms with Crippen molar-refractivity contribution in [3.8, 4) is 0 Å². The molecular weight excluding hydrogens is 314 g/mol. The maximum Gasteiger partial charge on any atom is 0.230 e. The molecule has 1 atom stereocenters. The van der Waals surface area contributed by atoms with Crippen LogP contribution in [-0.2, 0) is 10.5 Å². The van der Waals surface area contributed by atoms with Gasteiger partial charge in [0, 0.05) is 10.8 Å². The molecule has 1 amide bonds. The highest BCUT2D eigenvalue weighted by atomic mass is 35.5. The number of thioether (sulfide) groups is 1. The summed E-state index contributed by atoms with van der Waals surface area (Å²) in [6.07, 6.45) is 0.884. The molecule has 1 N–H and O–H groups in total. The number of benzene rings is 2. The van der Waals surface area contributed by atoms with Gasteiger partial charge in [-0.3, -0.25) is 4.79 Å². The Morgan fingerprint density at radius 1 is 1.18 bits per heavy atom. The molecule has 0 unspecified atom stereocenters. The second kappa shape index (κ2) is 8.86. The smallest absolute Gasteiger partial charge is 0.230 e. The molecule has 0 radical (unpaired) electrons. The standard InChI is InChI=1S/C18H20ClNOS/c1-2-17(15-8-4-3-5-9-15)20-18(21)13-22-12-14-7-6-10-16(19)11-14/h3-11,17H,2,12-13H2,1H3,(H,20,21)/t17-/m1/s1. The lowest BCUT2D eigenvalue weighted by atomic mass is 10.0. The minimum atomic E-state index is 0.0720. The number of amides is 1. The van der Waals surface area contributed by atoms with Gasteiger partial charge in [0.2, 0.25) is 5.91 Å². The third-order valence-corrected chi connectivity index (χ3v) is 4.58. The van der Waals surface area contributed by atoms with Crippen molar-refractivity contribution in [2.75, 3.05) is 5.75 Å². The van der Waals surface area contributed by atoms with Crippen molar-refractivity contribution in [1.82, 2.24) is 5.32 Å². The van der Waals surface area contributed by atoms with Crippen LogP contribution in [0.5, 0.6) is 0 Å². The minimum Gasteiger partial charge on any atom is -0.349 e. The molecule has 22 heavy (non-hydrogen) atoms. The third-order valence-electron chi connectivity index (χ3n) is 3.34. The van der Waals surface area contributed by atoms with Gasteiger partial charge >= 0.3 is 0 Å². The molecule has 0 spiro atoms. The van der Waals surface area contributed by atoms with Gasteiger partial charge in [-0.15, -0.1) is 11.8 Å². The molecule has 2 nitrogen and oxygen atoms in total. The normalized spacial score (nSPS) is 11.9. The maximum atomic E-state index is 12.1. The highest BCUT2D eigenvalue weighted by molar-refractivity contribution is 7.99. The van der Waals surface area contributed by atoms with E-state index in [1.54, 1.807) is 11.8 Å². The lowest BCUT2D eigenvalue weighted by Crippen LogP contribution is -2.29. The fraction of sp³-hybridized carbons (Fsp3) is 0.278. The number of rotatable bonds is 7. The van der Waals surface area contributed by atoms with E-state index < -0.39 is 0 Å². The van der Waals surface area contributed by atoms with Gasteiger partial charge in [-0.05, 0) is 29.7 Å². The van der Waals surface area contributed by atoms with Gasteiger partial charge in [-0.25, -0.2) is 0 Å². The average molecular weight is 334 g/mol. The number of carbonyl (C=O) groups is 1. The van der Waals surface area contributed by atoms with Crippen LogP contribution < -0.4 is 5.32 Å². The first-order chi connectivity index (χ1) is 10.7. The summed E-state index contributed by atoms with van der Waals surface area (Å²) in [5.74, 6) is 1.31. The summed E-state index contributed by atoms with van der Waals surface area (Å²) in [6, 6.07) is 17.9. The molecule has 0 saturated heterocycles. The second-order valence-electron chi connectivity index (χ2n) is 5.06. The van der Waals surface area contributed by atoms with E-state index in [2.05, 4.69) is 12.2 Å². The molecular formula is C18H20ClNOS. The molecule has 2 aromatic carbocycles. The second-order valence-corrected chi connectivity index (χ2v) is 6.48. The first kappa shape index (κ1) is 16.9. The first-order valence-corrected chi connectivity index (χ1v) is 8.88. The van der Waals surface area contributed by atoms with E-state index in [9.17, 15) is 4.79 Å². The number of nitrogens with one attached hydrogen (secondary N) is 1. The Kier molecular flexibility index (Phi) is 6.81. The zero-order valence-electron chi connectivity index (χ0n) is 12.6. The van der Waals surface area contributed by atoms with Crippen LogP contribution in [0, 0.1) is 0 Å². The Labute approximate surface area is 141 Å². The van der Waals surface area contributed by atoms with Crippen molar-refractivity contribution in [1.29, 1.82) is 0 Å². The number of hydrogen-bond donors (Lipinski definition) is 1.